The zero-order chi connectivity index (χ0) is 16.2. The van der Waals surface area contributed by atoms with Crippen LogP contribution in [0.15, 0.2) is 48.5 Å². The van der Waals surface area contributed by atoms with Gasteiger partial charge in [0.15, 0.2) is 0 Å². The van der Waals surface area contributed by atoms with Gasteiger partial charge in [0.25, 0.3) is 0 Å². The molecule has 1 aliphatic carbocycles. The van der Waals surface area contributed by atoms with E-state index >= 15 is 0 Å². The SMILES string of the molecule is CC1(C)CCCC(C)(C)N1C1c2ccccc2-c2ccccc21. The lowest BCUT2D eigenvalue weighted by Crippen LogP contribution is -2.59. The average molecular weight is 305 g/mol. The molecule has 0 bridgehead atoms. The van der Waals surface area contributed by atoms with Crippen LogP contribution >= 0.6 is 0 Å². The summed E-state index contributed by atoms with van der Waals surface area (Å²) >= 11 is 0. The highest BCUT2D eigenvalue weighted by Crippen LogP contribution is 2.53. The molecule has 1 aliphatic heterocycles. The van der Waals surface area contributed by atoms with Crippen LogP contribution in [0.1, 0.15) is 64.1 Å². The van der Waals surface area contributed by atoms with Crippen molar-refractivity contribution < 1.29 is 0 Å². The van der Waals surface area contributed by atoms with Gasteiger partial charge >= 0.3 is 0 Å². The summed E-state index contributed by atoms with van der Waals surface area (Å²) in [4.78, 5) is 2.80. The van der Waals surface area contributed by atoms with Crippen molar-refractivity contribution in [3.63, 3.8) is 0 Å². The Morgan fingerprint density at radius 2 is 1.17 bits per heavy atom. The fraction of sp³-hybridized carbons (Fsp3) is 0.455. The fourth-order valence-electron chi connectivity index (χ4n) is 5.12. The molecular weight excluding hydrogens is 278 g/mol. The quantitative estimate of drug-likeness (QED) is 0.643. The maximum absolute atomic E-state index is 2.80. The number of benzene rings is 2. The number of hydrogen-bond donors (Lipinski definition) is 0. The topological polar surface area (TPSA) is 3.24 Å². The summed E-state index contributed by atoms with van der Waals surface area (Å²) < 4.78 is 0. The number of rotatable bonds is 1. The second kappa shape index (κ2) is 4.95. The van der Waals surface area contributed by atoms with Gasteiger partial charge in [0.05, 0.1) is 6.04 Å². The minimum atomic E-state index is 0.219. The summed E-state index contributed by atoms with van der Waals surface area (Å²) in [5, 5.41) is 0. The van der Waals surface area contributed by atoms with E-state index in [1.54, 1.807) is 0 Å². The summed E-state index contributed by atoms with van der Waals surface area (Å²) in [6.07, 6.45) is 3.88. The van der Waals surface area contributed by atoms with Gasteiger partial charge in [-0.3, -0.25) is 4.90 Å². The van der Waals surface area contributed by atoms with Gasteiger partial charge in [-0.1, -0.05) is 48.5 Å². The first-order chi connectivity index (χ1) is 10.9. The second-order valence-electron chi connectivity index (χ2n) is 8.43. The zero-order valence-electron chi connectivity index (χ0n) is 14.8. The van der Waals surface area contributed by atoms with E-state index < -0.39 is 0 Å². The molecule has 0 amide bonds. The minimum Gasteiger partial charge on any atom is -0.282 e. The number of nitrogens with zero attached hydrogens (tertiary/aromatic N) is 1. The molecule has 1 saturated heterocycles. The molecule has 4 rings (SSSR count). The maximum atomic E-state index is 2.80. The van der Waals surface area contributed by atoms with Crippen LogP contribution in [0.5, 0.6) is 0 Å². The van der Waals surface area contributed by atoms with E-state index in [9.17, 15) is 0 Å². The third kappa shape index (κ3) is 2.17. The Kier molecular flexibility index (Phi) is 3.22. The summed E-state index contributed by atoms with van der Waals surface area (Å²) in [5.41, 5.74) is 6.25. The molecule has 1 nitrogen and oxygen atoms in total. The van der Waals surface area contributed by atoms with E-state index in [0.29, 0.717) is 6.04 Å². The van der Waals surface area contributed by atoms with Gasteiger partial charge in [-0.15, -0.1) is 0 Å². The van der Waals surface area contributed by atoms with E-state index in [1.165, 1.54) is 41.5 Å². The molecule has 2 aromatic carbocycles. The van der Waals surface area contributed by atoms with Gasteiger partial charge < -0.3 is 0 Å². The van der Waals surface area contributed by atoms with Crippen molar-refractivity contribution in [2.75, 3.05) is 0 Å². The van der Waals surface area contributed by atoms with E-state index in [2.05, 4.69) is 81.1 Å². The summed E-state index contributed by atoms with van der Waals surface area (Å²) in [6.45, 7) is 9.71. The second-order valence-corrected chi connectivity index (χ2v) is 8.43. The van der Waals surface area contributed by atoms with Gasteiger partial charge in [0, 0.05) is 11.1 Å². The number of likely N-dealkylation sites (tertiary alicyclic amines) is 1. The van der Waals surface area contributed by atoms with Crippen molar-refractivity contribution in [2.24, 2.45) is 0 Å². The Morgan fingerprint density at radius 3 is 1.65 bits per heavy atom. The molecule has 0 saturated carbocycles. The molecule has 0 N–H and O–H groups in total. The van der Waals surface area contributed by atoms with Crippen molar-refractivity contribution in [3.8, 4) is 11.1 Å². The summed E-state index contributed by atoms with van der Waals surface area (Å²) in [5.74, 6) is 0. The number of fused-ring (bicyclic) bond motifs is 3. The molecule has 0 unspecified atom stereocenters. The first kappa shape index (κ1) is 15.0. The van der Waals surface area contributed by atoms with Gasteiger partial charge in [-0.05, 0) is 69.2 Å². The fourth-order valence-corrected chi connectivity index (χ4v) is 5.12. The molecule has 1 fully saturated rings. The minimum absolute atomic E-state index is 0.219. The van der Waals surface area contributed by atoms with Gasteiger partial charge in [0.2, 0.25) is 0 Å². The van der Waals surface area contributed by atoms with Crippen molar-refractivity contribution >= 4 is 0 Å². The first-order valence-electron chi connectivity index (χ1n) is 8.89. The molecule has 1 heterocycles. The zero-order valence-corrected chi connectivity index (χ0v) is 14.8. The standard InChI is InChI=1S/C22H27N/c1-21(2)14-9-15-22(3,4)23(21)20-18-12-7-5-10-16(18)17-11-6-8-13-19(17)20/h5-8,10-13,20H,9,14-15H2,1-4H3. The predicted octanol–water partition coefficient (Wildman–Crippen LogP) is 5.80. The molecule has 1 heteroatoms. The summed E-state index contributed by atoms with van der Waals surface area (Å²) in [6, 6.07) is 18.4. The van der Waals surface area contributed by atoms with Crippen molar-refractivity contribution in [2.45, 2.75) is 64.1 Å². The lowest BCUT2D eigenvalue weighted by Gasteiger charge is -2.56. The van der Waals surface area contributed by atoms with E-state index in [4.69, 9.17) is 0 Å². The third-order valence-corrected chi connectivity index (χ3v) is 5.94. The van der Waals surface area contributed by atoms with Gasteiger partial charge in [-0.25, -0.2) is 0 Å². The Balaban J connectivity index is 1.94. The highest BCUT2D eigenvalue weighted by Gasteiger charge is 2.48. The van der Waals surface area contributed by atoms with E-state index in [-0.39, 0.29) is 11.1 Å². The molecule has 0 spiro atoms. The Hall–Kier alpha value is -1.60. The third-order valence-electron chi connectivity index (χ3n) is 5.94. The lowest BCUT2D eigenvalue weighted by atomic mass is 9.77. The van der Waals surface area contributed by atoms with Gasteiger partial charge in [-0.2, -0.15) is 0 Å². The molecule has 0 atom stereocenters. The maximum Gasteiger partial charge on any atom is 0.0623 e. The van der Waals surface area contributed by atoms with Crippen LogP contribution in [-0.2, 0) is 0 Å². The molecule has 0 radical (unpaired) electrons. The highest BCUT2D eigenvalue weighted by molar-refractivity contribution is 5.78. The lowest BCUT2D eigenvalue weighted by molar-refractivity contribution is -0.0500. The van der Waals surface area contributed by atoms with Crippen LogP contribution in [0.4, 0.5) is 0 Å². The van der Waals surface area contributed by atoms with E-state index in [0.717, 1.165) is 0 Å². The normalized spacial score (nSPS) is 22.6. The van der Waals surface area contributed by atoms with Crippen LogP contribution in [0.2, 0.25) is 0 Å². The predicted molar refractivity (Wildman–Crippen MR) is 97.6 cm³/mol. The molecule has 23 heavy (non-hydrogen) atoms. The Labute approximate surface area is 140 Å². The van der Waals surface area contributed by atoms with E-state index in [1.807, 2.05) is 0 Å². The van der Waals surface area contributed by atoms with Gasteiger partial charge in [0.1, 0.15) is 0 Å². The largest absolute Gasteiger partial charge is 0.282 e. The Bertz CT molecular complexity index is 680. The monoisotopic (exact) mass is 305 g/mol. The highest BCUT2D eigenvalue weighted by atomic mass is 15.3. The van der Waals surface area contributed by atoms with Crippen LogP contribution in [-0.4, -0.2) is 16.0 Å². The smallest absolute Gasteiger partial charge is 0.0623 e. The summed E-state index contributed by atoms with van der Waals surface area (Å²) in [7, 11) is 0. The van der Waals surface area contributed by atoms with Crippen molar-refractivity contribution in [3.05, 3.63) is 59.7 Å². The Morgan fingerprint density at radius 1 is 0.739 bits per heavy atom. The number of piperidine rings is 1. The number of hydrogen-bond acceptors (Lipinski definition) is 1. The molecular formula is C22H27N. The van der Waals surface area contributed by atoms with Crippen molar-refractivity contribution in [1.29, 1.82) is 0 Å². The molecule has 2 aliphatic rings. The van der Waals surface area contributed by atoms with Crippen LogP contribution in [0.25, 0.3) is 11.1 Å². The average Bonchev–Trinajstić information content (AvgIpc) is 2.81. The molecule has 0 aromatic heterocycles. The van der Waals surface area contributed by atoms with Crippen LogP contribution in [0, 0.1) is 0 Å². The first-order valence-corrected chi connectivity index (χ1v) is 8.89. The molecule has 120 valence electrons. The van der Waals surface area contributed by atoms with Crippen LogP contribution in [0.3, 0.4) is 0 Å². The van der Waals surface area contributed by atoms with Crippen molar-refractivity contribution in [1.82, 2.24) is 4.90 Å². The van der Waals surface area contributed by atoms with Crippen LogP contribution < -0.4 is 0 Å². The molecule has 2 aromatic rings.